The number of amides is 1. The molecule has 1 N–H and O–H groups in total. The number of aromatic nitrogens is 1. The summed E-state index contributed by atoms with van der Waals surface area (Å²) in [6.45, 7) is 0.613. The van der Waals surface area contributed by atoms with Crippen molar-refractivity contribution in [3.63, 3.8) is 0 Å². The van der Waals surface area contributed by atoms with Gasteiger partial charge in [-0.25, -0.2) is 4.98 Å². The number of aliphatic hydroxyl groups is 1. The average Bonchev–Trinajstić information content (AvgIpc) is 3.19. The van der Waals surface area contributed by atoms with Crippen LogP contribution in [0.5, 0.6) is 0 Å². The second-order valence-corrected chi connectivity index (χ2v) is 7.29. The summed E-state index contributed by atoms with van der Waals surface area (Å²) in [6, 6.07) is 6.70. The highest BCUT2D eigenvalue weighted by atomic mass is 19.4. The number of benzene rings is 1. The molecule has 156 valence electrons. The van der Waals surface area contributed by atoms with Gasteiger partial charge in [0.05, 0.1) is 12.2 Å². The van der Waals surface area contributed by atoms with Crippen molar-refractivity contribution in [2.45, 2.75) is 50.4 Å². The molecule has 1 fully saturated rings. The van der Waals surface area contributed by atoms with Gasteiger partial charge < -0.3 is 10.0 Å². The van der Waals surface area contributed by atoms with Crippen molar-refractivity contribution in [2.75, 3.05) is 6.61 Å². The molecule has 1 aliphatic carbocycles. The Hall–Kier alpha value is -2.48. The summed E-state index contributed by atoms with van der Waals surface area (Å²) in [5, 5.41) is 10.5. The molecule has 2 aromatic rings. The molecule has 1 aliphatic rings. The molecule has 8 heteroatoms. The summed E-state index contributed by atoms with van der Waals surface area (Å²) in [4.78, 5) is 17.7. The first-order valence-corrected chi connectivity index (χ1v) is 9.40. The van der Waals surface area contributed by atoms with E-state index >= 15 is 0 Å². The SMILES string of the molecule is CC(=O)N(C1CCCC1)C(CO)(c1cccc(C(F)(F)F)c1)c1ccnc(F)c1. The first-order valence-electron chi connectivity index (χ1n) is 9.40. The predicted octanol–water partition coefficient (Wildman–Crippen LogP) is 4.27. The molecule has 0 spiro atoms. The Morgan fingerprint density at radius 3 is 2.31 bits per heavy atom. The molecule has 29 heavy (non-hydrogen) atoms. The summed E-state index contributed by atoms with van der Waals surface area (Å²) in [5.41, 5.74) is -2.32. The van der Waals surface area contributed by atoms with Gasteiger partial charge in [0.1, 0.15) is 5.54 Å². The Balaban J connectivity index is 2.30. The molecular weight excluding hydrogens is 388 g/mol. The van der Waals surface area contributed by atoms with Gasteiger partial charge in [0, 0.05) is 19.2 Å². The molecule has 0 radical (unpaired) electrons. The third kappa shape index (κ3) is 3.99. The van der Waals surface area contributed by atoms with Crippen molar-refractivity contribution in [1.29, 1.82) is 0 Å². The zero-order chi connectivity index (χ0) is 21.2. The van der Waals surface area contributed by atoms with Gasteiger partial charge in [0.2, 0.25) is 11.9 Å². The van der Waals surface area contributed by atoms with Gasteiger partial charge >= 0.3 is 6.18 Å². The first-order chi connectivity index (χ1) is 13.7. The van der Waals surface area contributed by atoms with E-state index in [1.165, 1.54) is 36.2 Å². The average molecular weight is 410 g/mol. The zero-order valence-electron chi connectivity index (χ0n) is 15.9. The molecule has 1 amide bonds. The van der Waals surface area contributed by atoms with Gasteiger partial charge in [-0.1, -0.05) is 25.0 Å². The molecule has 1 aromatic heterocycles. The highest BCUT2D eigenvalue weighted by molar-refractivity contribution is 5.76. The summed E-state index contributed by atoms with van der Waals surface area (Å²) in [6.07, 6.45) is -0.376. The maximum Gasteiger partial charge on any atom is 0.416 e. The molecule has 0 saturated heterocycles. The van der Waals surface area contributed by atoms with Crippen molar-refractivity contribution in [1.82, 2.24) is 9.88 Å². The minimum absolute atomic E-state index is 0.0718. The minimum Gasteiger partial charge on any atom is -0.393 e. The number of pyridine rings is 1. The highest BCUT2D eigenvalue weighted by Gasteiger charge is 2.46. The molecule has 4 nitrogen and oxygen atoms in total. The normalized spacial score (nSPS) is 17.2. The molecule has 1 atom stereocenters. The lowest BCUT2D eigenvalue weighted by molar-refractivity contribution is -0.139. The maximum absolute atomic E-state index is 14.0. The number of aliphatic hydroxyl groups excluding tert-OH is 1. The lowest BCUT2D eigenvalue weighted by Gasteiger charge is -2.46. The number of carbonyl (C=O) groups excluding carboxylic acids is 1. The molecule has 1 unspecified atom stereocenters. The van der Waals surface area contributed by atoms with Crippen LogP contribution in [-0.2, 0) is 16.5 Å². The van der Waals surface area contributed by atoms with E-state index in [2.05, 4.69) is 4.98 Å². The summed E-state index contributed by atoms with van der Waals surface area (Å²) in [7, 11) is 0. The van der Waals surface area contributed by atoms with Gasteiger partial charge in [0.25, 0.3) is 0 Å². The Kier molecular flexibility index (Phi) is 5.93. The van der Waals surface area contributed by atoms with Gasteiger partial charge in [-0.15, -0.1) is 0 Å². The van der Waals surface area contributed by atoms with Crippen LogP contribution in [0.4, 0.5) is 17.6 Å². The van der Waals surface area contributed by atoms with Crippen LogP contribution in [0.1, 0.15) is 49.3 Å². The number of nitrogens with zero attached hydrogens (tertiary/aromatic N) is 2. The molecule has 3 rings (SSSR count). The van der Waals surface area contributed by atoms with Crippen molar-refractivity contribution < 1.29 is 27.5 Å². The van der Waals surface area contributed by atoms with Crippen molar-refractivity contribution in [3.05, 3.63) is 65.2 Å². The van der Waals surface area contributed by atoms with E-state index in [1.54, 1.807) is 0 Å². The Bertz CT molecular complexity index is 881. The second-order valence-electron chi connectivity index (χ2n) is 7.29. The van der Waals surface area contributed by atoms with Crippen molar-refractivity contribution in [2.24, 2.45) is 0 Å². The standard InChI is InChI=1S/C21H22F4N2O2/c1-14(29)27(18-7-2-3-8-18)20(13-28,16-9-10-26-19(22)12-16)15-5-4-6-17(11-15)21(23,24)25/h4-6,9-12,18,28H,2-3,7-8,13H2,1H3. The lowest BCUT2D eigenvalue weighted by atomic mass is 9.80. The van der Waals surface area contributed by atoms with E-state index < -0.39 is 35.7 Å². The van der Waals surface area contributed by atoms with Crippen LogP contribution in [0.2, 0.25) is 0 Å². The van der Waals surface area contributed by atoms with E-state index in [1.807, 2.05) is 0 Å². The quantitative estimate of drug-likeness (QED) is 0.592. The lowest BCUT2D eigenvalue weighted by Crippen LogP contribution is -2.56. The molecule has 0 aliphatic heterocycles. The van der Waals surface area contributed by atoms with E-state index in [-0.39, 0.29) is 17.2 Å². The summed E-state index contributed by atoms with van der Waals surface area (Å²) >= 11 is 0. The van der Waals surface area contributed by atoms with Crippen LogP contribution >= 0.6 is 0 Å². The predicted molar refractivity (Wildman–Crippen MR) is 98.3 cm³/mol. The Morgan fingerprint density at radius 2 is 1.76 bits per heavy atom. The zero-order valence-corrected chi connectivity index (χ0v) is 15.9. The topological polar surface area (TPSA) is 53.4 Å². The van der Waals surface area contributed by atoms with E-state index in [4.69, 9.17) is 0 Å². The minimum atomic E-state index is -4.60. The van der Waals surface area contributed by atoms with Gasteiger partial charge in [0.15, 0.2) is 0 Å². The van der Waals surface area contributed by atoms with Crippen molar-refractivity contribution >= 4 is 5.91 Å². The second kappa shape index (κ2) is 8.10. The molecular formula is C21H22F4N2O2. The monoisotopic (exact) mass is 410 g/mol. The Labute approximate surface area is 166 Å². The number of carbonyl (C=O) groups is 1. The highest BCUT2D eigenvalue weighted by Crippen LogP contribution is 2.42. The van der Waals surface area contributed by atoms with E-state index in [0.717, 1.165) is 31.0 Å². The number of alkyl halides is 3. The molecule has 0 bridgehead atoms. The molecule has 1 aromatic carbocycles. The third-order valence-electron chi connectivity index (χ3n) is 5.54. The van der Waals surface area contributed by atoms with E-state index in [0.29, 0.717) is 12.8 Å². The fourth-order valence-electron chi connectivity index (χ4n) is 4.32. The number of hydrogen-bond acceptors (Lipinski definition) is 3. The fourth-order valence-corrected chi connectivity index (χ4v) is 4.32. The van der Waals surface area contributed by atoms with Crippen LogP contribution in [0, 0.1) is 5.95 Å². The third-order valence-corrected chi connectivity index (χ3v) is 5.54. The number of rotatable bonds is 5. The van der Waals surface area contributed by atoms with Crippen molar-refractivity contribution in [3.8, 4) is 0 Å². The first kappa shape index (κ1) is 21.2. The summed E-state index contributed by atoms with van der Waals surface area (Å²) in [5.74, 6) is -1.25. The van der Waals surface area contributed by atoms with Gasteiger partial charge in [-0.2, -0.15) is 17.6 Å². The number of hydrogen-bond donors (Lipinski definition) is 1. The smallest absolute Gasteiger partial charge is 0.393 e. The molecule has 1 saturated carbocycles. The fraction of sp³-hybridized carbons (Fsp3) is 0.429. The maximum atomic E-state index is 14.0. The summed E-state index contributed by atoms with van der Waals surface area (Å²) < 4.78 is 54.1. The molecule has 1 heterocycles. The largest absolute Gasteiger partial charge is 0.416 e. The van der Waals surface area contributed by atoms with Crippen LogP contribution in [-0.4, -0.2) is 33.5 Å². The van der Waals surface area contributed by atoms with Crippen LogP contribution in [0.15, 0.2) is 42.6 Å². The van der Waals surface area contributed by atoms with Crippen LogP contribution in [0.25, 0.3) is 0 Å². The Morgan fingerprint density at radius 1 is 1.14 bits per heavy atom. The van der Waals surface area contributed by atoms with Crippen LogP contribution < -0.4 is 0 Å². The van der Waals surface area contributed by atoms with Crippen LogP contribution in [0.3, 0.4) is 0 Å². The van der Waals surface area contributed by atoms with Gasteiger partial charge in [-0.05, 0) is 48.2 Å². The van der Waals surface area contributed by atoms with E-state index in [9.17, 15) is 27.5 Å². The number of halogens is 4. The van der Waals surface area contributed by atoms with Gasteiger partial charge in [-0.3, -0.25) is 4.79 Å².